The summed E-state index contributed by atoms with van der Waals surface area (Å²) in [6.07, 6.45) is 41.7. The Morgan fingerprint density at radius 3 is 0.640 bits per heavy atom. The minimum absolute atomic E-state index is 0.573. The summed E-state index contributed by atoms with van der Waals surface area (Å²) in [5, 5.41) is 0. The predicted octanol–water partition coefficient (Wildman–Crippen LogP) is 17.4. The molecule has 0 saturated heterocycles. The van der Waals surface area contributed by atoms with E-state index in [1.165, 1.54) is 173 Å². The van der Waals surface area contributed by atoms with Crippen LogP contribution in [0.5, 0.6) is 0 Å². The summed E-state index contributed by atoms with van der Waals surface area (Å²) in [7, 11) is -3.82. The minimum atomic E-state index is -3.82. The molecule has 0 unspecified atom stereocenters. The Morgan fingerprint density at radius 1 is 0.300 bits per heavy atom. The molecule has 4 nitrogen and oxygen atoms in total. The van der Waals surface area contributed by atoms with Crippen LogP contribution in [0, 0.1) is 0 Å². The number of hydrogen-bond acceptors (Lipinski definition) is 4. The highest BCUT2D eigenvalue weighted by atomic mass is 31.2. The zero-order chi connectivity index (χ0) is 37.5. The Kier molecular flexibility index (Phi) is 31.5. The molecule has 5 heteroatoms. The molecule has 0 aliphatic heterocycles. The van der Waals surface area contributed by atoms with Gasteiger partial charge in [-0.2, -0.15) is 0 Å². The lowest BCUT2D eigenvalue weighted by Crippen LogP contribution is -2.33. The van der Waals surface area contributed by atoms with Gasteiger partial charge in [0.1, 0.15) is 0 Å². The molecular weight excluding hydrogens is 635 g/mol. The van der Waals surface area contributed by atoms with Gasteiger partial charge in [-0.15, -0.1) is 0 Å². The van der Waals surface area contributed by atoms with Crippen LogP contribution in [0.15, 0.2) is 0 Å². The van der Waals surface area contributed by atoms with E-state index in [0.29, 0.717) is 0 Å². The molecule has 0 aromatic rings. The van der Waals surface area contributed by atoms with E-state index in [1.54, 1.807) is 0 Å². The lowest BCUT2D eigenvalue weighted by molar-refractivity contribution is -0.0484. The Morgan fingerprint density at radius 2 is 0.460 bits per heavy atom. The molecule has 50 heavy (non-hydrogen) atoms. The van der Waals surface area contributed by atoms with Crippen LogP contribution >= 0.6 is 7.82 Å². The first kappa shape index (κ1) is 50.1. The van der Waals surface area contributed by atoms with Gasteiger partial charge in [-0.3, -0.25) is 13.6 Å². The van der Waals surface area contributed by atoms with Gasteiger partial charge < -0.3 is 0 Å². The van der Waals surface area contributed by atoms with Gasteiger partial charge in [0.25, 0.3) is 0 Å². The SMILES string of the molecule is CCCCCCCCCCCCC(C)(C)OP(=O)(OC(C)(C)CCCCCCCCCCCC)OC(C)(C)CCCCCCCCCCCC. The second-order valence-corrected chi connectivity index (χ2v) is 19.2. The fourth-order valence-electron chi connectivity index (χ4n) is 7.22. The number of phosphoric ester groups is 1. The summed E-state index contributed by atoms with van der Waals surface area (Å²) in [6, 6.07) is 0. The van der Waals surface area contributed by atoms with Crippen molar-refractivity contribution >= 4 is 7.82 Å². The highest BCUT2D eigenvalue weighted by Gasteiger charge is 2.43. The van der Waals surface area contributed by atoms with Gasteiger partial charge in [-0.25, -0.2) is 4.57 Å². The summed E-state index contributed by atoms with van der Waals surface area (Å²) in [5.41, 5.74) is -1.72. The van der Waals surface area contributed by atoms with E-state index in [0.717, 1.165) is 38.5 Å². The Bertz CT molecular complexity index is 677. The van der Waals surface area contributed by atoms with Crippen molar-refractivity contribution in [3.63, 3.8) is 0 Å². The maximum atomic E-state index is 14.6. The van der Waals surface area contributed by atoms with E-state index in [1.807, 2.05) is 0 Å². The van der Waals surface area contributed by atoms with Crippen molar-refractivity contribution in [3.05, 3.63) is 0 Å². The fraction of sp³-hybridized carbons (Fsp3) is 1.00. The third-order valence-corrected chi connectivity index (χ3v) is 12.6. The van der Waals surface area contributed by atoms with Crippen LogP contribution in [0.1, 0.15) is 274 Å². The lowest BCUT2D eigenvalue weighted by atomic mass is 9.99. The van der Waals surface area contributed by atoms with Gasteiger partial charge in [0.2, 0.25) is 0 Å². The first-order valence-corrected chi connectivity index (χ1v) is 24.0. The summed E-state index contributed by atoms with van der Waals surface area (Å²) in [4.78, 5) is 0. The number of phosphoric acid groups is 1. The van der Waals surface area contributed by atoms with Crippen LogP contribution in [-0.4, -0.2) is 16.8 Å². The molecule has 0 amide bonds. The topological polar surface area (TPSA) is 44.8 Å². The third kappa shape index (κ3) is 32.7. The van der Waals surface area contributed by atoms with Crippen molar-refractivity contribution in [1.82, 2.24) is 0 Å². The van der Waals surface area contributed by atoms with Gasteiger partial charge in [0.05, 0.1) is 16.8 Å². The monoisotopic (exact) mass is 729 g/mol. The van der Waals surface area contributed by atoms with Crippen LogP contribution in [0.4, 0.5) is 0 Å². The number of rotatable bonds is 39. The van der Waals surface area contributed by atoms with E-state index in [2.05, 4.69) is 62.3 Å². The first-order valence-electron chi connectivity index (χ1n) is 22.5. The lowest BCUT2D eigenvalue weighted by Gasteiger charge is -2.38. The maximum Gasteiger partial charge on any atom is 0.476 e. The van der Waals surface area contributed by atoms with Crippen LogP contribution in [-0.2, 0) is 18.1 Å². The highest BCUT2D eigenvalue weighted by Crippen LogP contribution is 2.59. The van der Waals surface area contributed by atoms with Crippen molar-refractivity contribution in [1.29, 1.82) is 0 Å². The Balaban J connectivity index is 4.98. The van der Waals surface area contributed by atoms with E-state index in [4.69, 9.17) is 13.6 Å². The zero-order valence-corrected chi connectivity index (χ0v) is 36.8. The maximum absolute atomic E-state index is 14.6. The largest absolute Gasteiger partial charge is 0.476 e. The summed E-state index contributed by atoms with van der Waals surface area (Å²) < 4.78 is 34.1. The quantitative estimate of drug-likeness (QED) is 0.0467. The van der Waals surface area contributed by atoms with Crippen LogP contribution < -0.4 is 0 Å². The van der Waals surface area contributed by atoms with Crippen LogP contribution in [0.25, 0.3) is 0 Å². The molecule has 0 spiro atoms. The predicted molar refractivity (Wildman–Crippen MR) is 222 cm³/mol. The smallest absolute Gasteiger partial charge is 0.281 e. The molecule has 0 aromatic carbocycles. The van der Waals surface area contributed by atoms with Crippen molar-refractivity contribution in [2.24, 2.45) is 0 Å². The summed E-state index contributed by atoms with van der Waals surface area (Å²) in [5.74, 6) is 0. The molecule has 0 atom stereocenters. The zero-order valence-electron chi connectivity index (χ0n) is 35.9. The number of hydrogen-bond donors (Lipinski definition) is 0. The van der Waals surface area contributed by atoms with E-state index in [9.17, 15) is 4.57 Å². The number of unbranched alkanes of at least 4 members (excludes halogenated alkanes) is 27. The molecule has 0 aromatic heterocycles. The first-order chi connectivity index (χ1) is 23.8. The van der Waals surface area contributed by atoms with E-state index < -0.39 is 24.6 Å². The standard InChI is InChI=1S/C45H93O4P/c1-10-13-16-19-22-25-28-31-34-37-40-43(4,5)47-50(46,48-44(6,7)41-38-35-32-29-26-23-20-17-14-11-2)49-45(8,9)42-39-36-33-30-27-24-21-18-15-12-3/h10-42H2,1-9H3. The fourth-order valence-corrected chi connectivity index (χ4v) is 9.42. The molecule has 0 aliphatic rings. The second-order valence-electron chi connectivity index (χ2n) is 17.8. The molecule has 0 saturated carbocycles. The van der Waals surface area contributed by atoms with Crippen molar-refractivity contribution in [2.45, 2.75) is 291 Å². The van der Waals surface area contributed by atoms with Gasteiger partial charge in [-0.1, -0.05) is 213 Å². The molecule has 0 rings (SSSR count). The second kappa shape index (κ2) is 31.5. The molecule has 0 fully saturated rings. The van der Waals surface area contributed by atoms with Crippen molar-refractivity contribution in [2.75, 3.05) is 0 Å². The van der Waals surface area contributed by atoms with Crippen LogP contribution in [0.3, 0.4) is 0 Å². The van der Waals surface area contributed by atoms with Gasteiger partial charge in [0.15, 0.2) is 0 Å². The van der Waals surface area contributed by atoms with Crippen molar-refractivity contribution in [3.8, 4) is 0 Å². The average Bonchev–Trinajstić information content (AvgIpc) is 3.02. The average molecular weight is 729 g/mol. The third-order valence-electron chi connectivity index (χ3n) is 10.5. The summed E-state index contributed by atoms with van der Waals surface area (Å²) in [6.45, 7) is 19.3. The molecule has 302 valence electrons. The normalized spacial score (nSPS) is 13.1. The molecule has 0 N–H and O–H groups in total. The molecule has 0 radical (unpaired) electrons. The molecular formula is C45H93O4P. The van der Waals surface area contributed by atoms with Crippen molar-refractivity contribution < 1.29 is 18.1 Å². The minimum Gasteiger partial charge on any atom is -0.281 e. The molecule has 0 bridgehead atoms. The summed E-state index contributed by atoms with van der Waals surface area (Å²) >= 11 is 0. The molecule has 0 heterocycles. The van der Waals surface area contributed by atoms with Gasteiger partial charge in [0, 0.05) is 0 Å². The highest BCUT2D eigenvalue weighted by molar-refractivity contribution is 7.48. The Labute approximate surface area is 316 Å². The van der Waals surface area contributed by atoms with E-state index in [-0.39, 0.29) is 0 Å². The van der Waals surface area contributed by atoms with E-state index >= 15 is 0 Å². The Hall–Kier alpha value is 0.110. The van der Waals surface area contributed by atoms with Crippen LogP contribution in [0.2, 0.25) is 0 Å². The molecule has 0 aliphatic carbocycles. The van der Waals surface area contributed by atoms with Gasteiger partial charge in [-0.05, 0) is 60.8 Å². The van der Waals surface area contributed by atoms with Gasteiger partial charge >= 0.3 is 7.82 Å².